The largest absolute Gasteiger partial charge is 0.487 e. The summed E-state index contributed by atoms with van der Waals surface area (Å²) in [5.74, 6) is 0. The van der Waals surface area contributed by atoms with Crippen molar-refractivity contribution in [2.45, 2.75) is 58.7 Å². The van der Waals surface area contributed by atoms with Gasteiger partial charge in [-0.1, -0.05) is 20.8 Å². The van der Waals surface area contributed by atoms with E-state index >= 15 is 0 Å². The maximum atomic E-state index is 6.27. The van der Waals surface area contributed by atoms with E-state index in [0.29, 0.717) is 5.05 Å². The van der Waals surface area contributed by atoms with E-state index in [4.69, 9.17) is 21.4 Å². The van der Waals surface area contributed by atoms with Gasteiger partial charge in [0.2, 0.25) is 0 Å². The molecule has 100 valence electrons. The number of hydrogen-bond donors (Lipinski definition) is 0. The van der Waals surface area contributed by atoms with Crippen molar-refractivity contribution in [2.75, 3.05) is 13.2 Å². The Balaban J connectivity index is 2.43. The Morgan fingerprint density at radius 2 is 1.76 bits per heavy atom. The molecule has 1 rings (SSSR count). The van der Waals surface area contributed by atoms with Crippen LogP contribution in [-0.2, 0) is 9.16 Å². The lowest BCUT2D eigenvalue weighted by Crippen LogP contribution is -2.42. The Labute approximate surface area is 112 Å². The molecular weight excluding hydrogens is 248 g/mol. The maximum absolute atomic E-state index is 6.27. The lowest BCUT2D eigenvalue weighted by molar-refractivity contribution is 0.146. The molecule has 4 heteroatoms. The fraction of sp³-hybridized carbons (Fsp3) is 0.923. The molecule has 0 aliphatic heterocycles. The Morgan fingerprint density at radius 3 is 2.12 bits per heavy atom. The second-order valence-corrected chi connectivity index (χ2v) is 12.2. The molecule has 1 saturated carbocycles. The summed E-state index contributed by atoms with van der Waals surface area (Å²) in [5, 5.41) is 0.924. The second-order valence-electron chi connectivity index (χ2n) is 6.83. The van der Waals surface area contributed by atoms with E-state index in [9.17, 15) is 0 Å². The third-order valence-corrected chi connectivity index (χ3v) is 8.68. The van der Waals surface area contributed by atoms with Crippen molar-refractivity contribution in [1.29, 1.82) is 0 Å². The first-order valence-corrected chi connectivity index (χ1v) is 9.67. The molecule has 0 spiro atoms. The van der Waals surface area contributed by atoms with Crippen LogP contribution in [0.1, 0.15) is 40.5 Å². The summed E-state index contributed by atoms with van der Waals surface area (Å²) in [6, 6.07) is 0. The first-order chi connectivity index (χ1) is 7.58. The van der Waals surface area contributed by atoms with Crippen molar-refractivity contribution in [1.82, 2.24) is 0 Å². The van der Waals surface area contributed by atoms with Gasteiger partial charge in [-0.2, -0.15) is 0 Å². The van der Waals surface area contributed by atoms with Gasteiger partial charge in [-0.25, -0.2) is 0 Å². The van der Waals surface area contributed by atoms with Gasteiger partial charge < -0.3 is 9.16 Å². The van der Waals surface area contributed by atoms with Gasteiger partial charge in [0.1, 0.15) is 0 Å². The lowest BCUT2D eigenvalue weighted by atomic mass is 10.1. The van der Waals surface area contributed by atoms with Crippen LogP contribution in [-0.4, -0.2) is 26.6 Å². The maximum Gasteiger partial charge on any atom is 0.192 e. The van der Waals surface area contributed by atoms with E-state index in [2.05, 4.69) is 33.9 Å². The van der Waals surface area contributed by atoms with Crippen molar-refractivity contribution >= 4 is 25.6 Å². The highest BCUT2D eigenvalue weighted by atomic mass is 32.1. The highest BCUT2D eigenvalue weighted by Gasteiger charge is 2.47. The molecule has 0 saturated heterocycles. The first-order valence-electron chi connectivity index (χ1n) is 6.35. The van der Waals surface area contributed by atoms with Crippen LogP contribution in [0, 0.1) is 5.41 Å². The molecule has 17 heavy (non-hydrogen) atoms. The summed E-state index contributed by atoms with van der Waals surface area (Å²) in [6.45, 7) is 14.8. The van der Waals surface area contributed by atoms with Crippen molar-refractivity contribution in [3.8, 4) is 0 Å². The minimum atomic E-state index is -1.62. The SMILES string of the molecule is CC(=S)OCC1(CO[Si](C)(C)C(C)(C)C)CC1. The van der Waals surface area contributed by atoms with Crippen LogP contribution >= 0.6 is 12.2 Å². The molecule has 0 bridgehead atoms. The van der Waals surface area contributed by atoms with Crippen molar-refractivity contribution in [2.24, 2.45) is 5.41 Å². The quantitative estimate of drug-likeness (QED) is 0.554. The molecular formula is C13H26O2SSi. The standard InChI is InChI=1S/C13H26O2SSi/c1-11(16)14-9-13(7-8-13)10-15-17(5,6)12(2,3)4/h7-10H2,1-6H3. The Hall–Kier alpha value is 0.0669. The zero-order valence-electron chi connectivity index (χ0n) is 12.1. The topological polar surface area (TPSA) is 18.5 Å². The Bertz CT molecular complexity index is 290. The van der Waals surface area contributed by atoms with Crippen LogP contribution in [0.4, 0.5) is 0 Å². The van der Waals surface area contributed by atoms with E-state index in [1.54, 1.807) is 0 Å². The predicted octanol–water partition coefficient (Wildman–Crippen LogP) is 4.15. The van der Waals surface area contributed by atoms with Crippen LogP contribution in [0.15, 0.2) is 0 Å². The fourth-order valence-electron chi connectivity index (χ4n) is 1.31. The highest BCUT2D eigenvalue weighted by Crippen LogP contribution is 2.48. The van der Waals surface area contributed by atoms with Gasteiger partial charge in [0.15, 0.2) is 13.4 Å². The minimum Gasteiger partial charge on any atom is -0.487 e. The first kappa shape index (κ1) is 15.1. The van der Waals surface area contributed by atoms with Crippen LogP contribution in [0.25, 0.3) is 0 Å². The van der Waals surface area contributed by atoms with Crippen LogP contribution in [0.3, 0.4) is 0 Å². The zero-order valence-corrected chi connectivity index (χ0v) is 13.9. The number of rotatable bonds is 5. The summed E-state index contributed by atoms with van der Waals surface area (Å²) in [7, 11) is -1.62. The van der Waals surface area contributed by atoms with Gasteiger partial charge in [0.25, 0.3) is 0 Å². The zero-order chi connectivity index (χ0) is 13.3. The molecule has 1 aliphatic rings. The molecule has 0 aromatic heterocycles. The predicted molar refractivity (Wildman–Crippen MR) is 79.0 cm³/mol. The highest BCUT2D eigenvalue weighted by molar-refractivity contribution is 7.80. The number of ether oxygens (including phenoxy) is 1. The third kappa shape index (κ3) is 4.34. The molecule has 1 aliphatic carbocycles. The molecule has 0 atom stereocenters. The number of hydrogen-bond acceptors (Lipinski definition) is 3. The Morgan fingerprint density at radius 1 is 1.24 bits per heavy atom. The summed E-state index contributed by atoms with van der Waals surface area (Å²) in [6.07, 6.45) is 2.43. The number of thiocarbonyl (C=S) groups is 1. The van der Waals surface area contributed by atoms with Crippen molar-refractivity contribution in [3.63, 3.8) is 0 Å². The van der Waals surface area contributed by atoms with Gasteiger partial charge in [0, 0.05) is 18.9 Å². The van der Waals surface area contributed by atoms with Gasteiger partial charge in [-0.3, -0.25) is 0 Å². The normalized spacial score (nSPS) is 18.9. The van der Waals surface area contributed by atoms with E-state index in [0.717, 1.165) is 13.2 Å². The minimum absolute atomic E-state index is 0.260. The molecule has 0 unspecified atom stereocenters. The van der Waals surface area contributed by atoms with Crippen LogP contribution in [0.5, 0.6) is 0 Å². The van der Waals surface area contributed by atoms with E-state index in [1.807, 2.05) is 6.92 Å². The molecule has 0 heterocycles. The lowest BCUT2D eigenvalue weighted by Gasteiger charge is -2.37. The summed E-state index contributed by atoms with van der Waals surface area (Å²) in [5.41, 5.74) is 0.260. The van der Waals surface area contributed by atoms with Gasteiger partial charge in [0.05, 0.1) is 6.61 Å². The summed E-state index contributed by atoms with van der Waals surface area (Å²) < 4.78 is 11.8. The van der Waals surface area contributed by atoms with Gasteiger partial charge in [-0.15, -0.1) is 0 Å². The molecule has 0 aromatic carbocycles. The summed E-state index contributed by atoms with van der Waals surface area (Å²) >= 11 is 4.95. The molecule has 0 aromatic rings. The average molecular weight is 275 g/mol. The summed E-state index contributed by atoms with van der Waals surface area (Å²) in [4.78, 5) is 0. The van der Waals surface area contributed by atoms with Crippen molar-refractivity contribution in [3.05, 3.63) is 0 Å². The molecule has 1 fully saturated rings. The molecule has 0 N–H and O–H groups in total. The van der Waals surface area contributed by atoms with Gasteiger partial charge in [-0.05, 0) is 43.2 Å². The average Bonchev–Trinajstić information content (AvgIpc) is 2.91. The molecule has 0 amide bonds. The fourth-order valence-corrected chi connectivity index (χ4v) is 2.47. The Kier molecular flexibility index (Phi) is 4.43. The van der Waals surface area contributed by atoms with Gasteiger partial charge >= 0.3 is 0 Å². The molecule has 0 radical (unpaired) electrons. The smallest absolute Gasteiger partial charge is 0.192 e. The van der Waals surface area contributed by atoms with Crippen LogP contribution < -0.4 is 0 Å². The van der Waals surface area contributed by atoms with E-state index in [-0.39, 0.29) is 10.5 Å². The van der Waals surface area contributed by atoms with E-state index < -0.39 is 8.32 Å². The monoisotopic (exact) mass is 274 g/mol. The van der Waals surface area contributed by atoms with Crippen molar-refractivity contribution < 1.29 is 9.16 Å². The van der Waals surface area contributed by atoms with E-state index in [1.165, 1.54) is 12.8 Å². The van der Waals surface area contributed by atoms with Crippen LogP contribution in [0.2, 0.25) is 18.1 Å². The second kappa shape index (κ2) is 4.98. The molecule has 2 nitrogen and oxygen atoms in total. The third-order valence-electron chi connectivity index (χ3n) is 4.08.